The summed E-state index contributed by atoms with van der Waals surface area (Å²) in [7, 11) is 3.34. The number of methoxy groups -OCH3 is 2. The standard InChI is InChI=1S/C19H29NO4/c1-15-12-17(4-5-18(15)23-3)13-19(21)20-8-6-16(7-9-20)14-24-11-10-22-2/h4-5,12,16H,6-11,13-14H2,1-3H3. The van der Waals surface area contributed by atoms with Crippen LogP contribution in [-0.4, -0.2) is 57.9 Å². The molecule has 0 unspecified atom stereocenters. The highest BCUT2D eigenvalue weighted by Crippen LogP contribution is 2.21. The minimum Gasteiger partial charge on any atom is -0.496 e. The Balaban J connectivity index is 1.75. The van der Waals surface area contributed by atoms with Gasteiger partial charge < -0.3 is 19.1 Å². The number of rotatable bonds is 8. The number of carbonyl (C=O) groups is 1. The SMILES string of the molecule is COCCOCC1CCN(C(=O)Cc2ccc(OC)c(C)c2)CC1. The van der Waals surface area contributed by atoms with Crippen molar-refractivity contribution in [2.45, 2.75) is 26.2 Å². The van der Waals surface area contributed by atoms with E-state index < -0.39 is 0 Å². The highest BCUT2D eigenvalue weighted by molar-refractivity contribution is 5.79. The molecule has 0 aromatic heterocycles. The molecule has 1 amide bonds. The quantitative estimate of drug-likeness (QED) is 0.685. The van der Waals surface area contributed by atoms with E-state index in [9.17, 15) is 4.79 Å². The molecule has 0 atom stereocenters. The van der Waals surface area contributed by atoms with E-state index in [0.717, 1.165) is 49.4 Å². The molecule has 0 spiro atoms. The highest BCUT2D eigenvalue weighted by atomic mass is 16.5. The molecule has 1 aromatic carbocycles. The van der Waals surface area contributed by atoms with Crippen LogP contribution in [0.4, 0.5) is 0 Å². The first-order valence-corrected chi connectivity index (χ1v) is 8.62. The molecule has 1 fully saturated rings. The summed E-state index contributed by atoms with van der Waals surface area (Å²) < 4.78 is 15.8. The van der Waals surface area contributed by atoms with Crippen LogP contribution in [0.2, 0.25) is 0 Å². The van der Waals surface area contributed by atoms with E-state index in [2.05, 4.69) is 0 Å². The molecule has 5 nitrogen and oxygen atoms in total. The second-order valence-corrected chi connectivity index (χ2v) is 6.37. The Bertz CT molecular complexity index is 524. The molecule has 2 rings (SSSR count). The van der Waals surface area contributed by atoms with Gasteiger partial charge in [0.1, 0.15) is 5.75 Å². The van der Waals surface area contributed by atoms with Crippen molar-refractivity contribution in [2.24, 2.45) is 5.92 Å². The number of benzene rings is 1. The zero-order valence-electron chi connectivity index (χ0n) is 15.0. The van der Waals surface area contributed by atoms with Crippen molar-refractivity contribution in [3.8, 4) is 5.75 Å². The number of nitrogens with zero attached hydrogens (tertiary/aromatic N) is 1. The first kappa shape index (κ1) is 18.7. The van der Waals surface area contributed by atoms with Gasteiger partial charge in [-0.15, -0.1) is 0 Å². The predicted octanol–water partition coefficient (Wildman–Crippen LogP) is 2.45. The van der Waals surface area contributed by atoms with Crippen LogP contribution in [0.3, 0.4) is 0 Å². The number of likely N-dealkylation sites (tertiary alicyclic amines) is 1. The lowest BCUT2D eigenvalue weighted by Gasteiger charge is -2.32. The summed E-state index contributed by atoms with van der Waals surface area (Å²) in [6.07, 6.45) is 2.49. The summed E-state index contributed by atoms with van der Waals surface area (Å²) in [6.45, 7) is 5.70. The van der Waals surface area contributed by atoms with Gasteiger partial charge in [0.25, 0.3) is 0 Å². The number of carbonyl (C=O) groups excluding carboxylic acids is 1. The molecule has 1 heterocycles. The second kappa shape index (κ2) is 9.64. The van der Waals surface area contributed by atoms with Crippen molar-refractivity contribution < 1.29 is 19.0 Å². The minimum absolute atomic E-state index is 0.207. The van der Waals surface area contributed by atoms with Gasteiger partial charge in [-0.05, 0) is 42.9 Å². The molecule has 0 saturated carbocycles. The Kier molecular flexibility index (Phi) is 7.53. The Morgan fingerprint density at radius 3 is 2.58 bits per heavy atom. The molecule has 1 aliphatic rings. The normalized spacial score (nSPS) is 15.5. The number of hydrogen-bond donors (Lipinski definition) is 0. The molecule has 0 bridgehead atoms. The largest absolute Gasteiger partial charge is 0.496 e. The van der Waals surface area contributed by atoms with Crippen LogP contribution < -0.4 is 4.74 Å². The van der Waals surface area contributed by atoms with E-state index in [4.69, 9.17) is 14.2 Å². The van der Waals surface area contributed by atoms with Crippen molar-refractivity contribution in [1.29, 1.82) is 0 Å². The zero-order valence-corrected chi connectivity index (χ0v) is 15.0. The average molecular weight is 335 g/mol. The maximum absolute atomic E-state index is 12.5. The summed E-state index contributed by atoms with van der Waals surface area (Å²) >= 11 is 0. The monoisotopic (exact) mass is 335 g/mol. The summed E-state index contributed by atoms with van der Waals surface area (Å²) in [5, 5.41) is 0. The summed E-state index contributed by atoms with van der Waals surface area (Å²) in [5.41, 5.74) is 2.11. The van der Waals surface area contributed by atoms with Crippen molar-refractivity contribution >= 4 is 5.91 Å². The fraction of sp³-hybridized carbons (Fsp3) is 0.632. The number of hydrogen-bond acceptors (Lipinski definition) is 4. The van der Waals surface area contributed by atoms with Gasteiger partial charge in [-0.1, -0.05) is 12.1 Å². The zero-order chi connectivity index (χ0) is 17.4. The fourth-order valence-corrected chi connectivity index (χ4v) is 3.08. The maximum Gasteiger partial charge on any atom is 0.226 e. The van der Waals surface area contributed by atoms with Gasteiger partial charge in [0.2, 0.25) is 5.91 Å². The summed E-state index contributed by atoms with van der Waals surface area (Å²) in [4.78, 5) is 14.5. The number of aryl methyl sites for hydroxylation is 1. The molecular formula is C19H29NO4. The highest BCUT2D eigenvalue weighted by Gasteiger charge is 2.23. The van der Waals surface area contributed by atoms with Crippen molar-refractivity contribution in [1.82, 2.24) is 4.90 Å². The van der Waals surface area contributed by atoms with Crippen LogP contribution in [0.5, 0.6) is 5.75 Å². The van der Waals surface area contributed by atoms with Gasteiger partial charge >= 0.3 is 0 Å². The Morgan fingerprint density at radius 1 is 1.21 bits per heavy atom. The molecule has 134 valence electrons. The van der Waals surface area contributed by atoms with E-state index in [1.807, 2.05) is 30.0 Å². The average Bonchev–Trinajstić information content (AvgIpc) is 2.59. The lowest BCUT2D eigenvalue weighted by atomic mass is 9.97. The third-order valence-corrected chi connectivity index (χ3v) is 4.57. The first-order chi connectivity index (χ1) is 11.6. The number of piperidine rings is 1. The first-order valence-electron chi connectivity index (χ1n) is 8.62. The van der Waals surface area contributed by atoms with E-state index >= 15 is 0 Å². The predicted molar refractivity (Wildman–Crippen MR) is 93.4 cm³/mol. The molecule has 0 N–H and O–H groups in total. The Hall–Kier alpha value is -1.59. The molecule has 0 radical (unpaired) electrons. The van der Waals surface area contributed by atoms with E-state index in [0.29, 0.717) is 25.6 Å². The van der Waals surface area contributed by atoms with E-state index in [-0.39, 0.29) is 5.91 Å². The molecule has 1 aliphatic heterocycles. The number of amides is 1. The van der Waals surface area contributed by atoms with Crippen molar-refractivity contribution in [2.75, 3.05) is 47.1 Å². The third kappa shape index (κ3) is 5.49. The smallest absolute Gasteiger partial charge is 0.226 e. The fourth-order valence-electron chi connectivity index (χ4n) is 3.08. The second-order valence-electron chi connectivity index (χ2n) is 6.37. The van der Waals surface area contributed by atoms with Gasteiger partial charge in [0.15, 0.2) is 0 Å². The van der Waals surface area contributed by atoms with Crippen LogP contribution in [-0.2, 0) is 20.7 Å². The van der Waals surface area contributed by atoms with Gasteiger partial charge in [0, 0.05) is 26.8 Å². The third-order valence-electron chi connectivity index (χ3n) is 4.57. The molecular weight excluding hydrogens is 306 g/mol. The molecule has 1 saturated heterocycles. The lowest BCUT2D eigenvalue weighted by molar-refractivity contribution is -0.132. The van der Waals surface area contributed by atoms with Gasteiger partial charge in [-0.25, -0.2) is 0 Å². The van der Waals surface area contributed by atoms with Crippen molar-refractivity contribution in [3.05, 3.63) is 29.3 Å². The Labute approximate surface area is 144 Å². The van der Waals surface area contributed by atoms with Gasteiger partial charge in [-0.3, -0.25) is 4.79 Å². The molecule has 1 aromatic rings. The van der Waals surface area contributed by atoms with Crippen LogP contribution in [0, 0.1) is 12.8 Å². The van der Waals surface area contributed by atoms with Crippen LogP contribution >= 0.6 is 0 Å². The van der Waals surface area contributed by atoms with Crippen LogP contribution in [0.25, 0.3) is 0 Å². The summed E-state index contributed by atoms with van der Waals surface area (Å²) in [6, 6.07) is 5.94. The molecule has 5 heteroatoms. The van der Waals surface area contributed by atoms with Crippen LogP contribution in [0.1, 0.15) is 24.0 Å². The number of ether oxygens (including phenoxy) is 3. The molecule has 0 aliphatic carbocycles. The van der Waals surface area contributed by atoms with Gasteiger partial charge in [-0.2, -0.15) is 0 Å². The Morgan fingerprint density at radius 2 is 1.96 bits per heavy atom. The summed E-state index contributed by atoms with van der Waals surface area (Å²) in [5.74, 6) is 1.62. The van der Waals surface area contributed by atoms with Crippen LogP contribution in [0.15, 0.2) is 18.2 Å². The maximum atomic E-state index is 12.5. The van der Waals surface area contributed by atoms with E-state index in [1.165, 1.54) is 0 Å². The molecule has 24 heavy (non-hydrogen) atoms. The lowest BCUT2D eigenvalue weighted by Crippen LogP contribution is -2.40. The van der Waals surface area contributed by atoms with Crippen molar-refractivity contribution in [3.63, 3.8) is 0 Å². The van der Waals surface area contributed by atoms with Gasteiger partial charge in [0.05, 0.1) is 26.7 Å². The topological polar surface area (TPSA) is 48.0 Å². The minimum atomic E-state index is 0.207. The van der Waals surface area contributed by atoms with E-state index in [1.54, 1.807) is 14.2 Å².